The molecule has 1 aromatic rings. The summed E-state index contributed by atoms with van der Waals surface area (Å²) in [4.78, 5) is 1.85. The van der Waals surface area contributed by atoms with Crippen LogP contribution >= 0.6 is 12.2 Å². The highest BCUT2D eigenvalue weighted by Crippen LogP contribution is 2.35. The number of nitrogens with zero attached hydrogens (tertiary/aromatic N) is 1. The van der Waals surface area contributed by atoms with Gasteiger partial charge in [-0.15, -0.1) is 0 Å². The molecule has 6 nitrogen and oxygen atoms in total. The number of hydrogen-bond acceptors (Lipinski definition) is 5. The predicted molar refractivity (Wildman–Crippen MR) is 84.0 cm³/mol. The molecule has 0 amide bonds. The molecule has 0 aliphatic carbocycles. The van der Waals surface area contributed by atoms with Crippen molar-refractivity contribution in [1.29, 1.82) is 0 Å². The molecule has 0 spiro atoms. The van der Waals surface area contributed by atoms with Gasteiger partial charge in [0, 0.05) is 11.8 Å². The van der Waals surface area contributed by atoms with Gasteiger partial charge in [0.25, 0.3) is 0 Å². The van der Waals surface area contributed by atoms with Crippen LogP contribution in [0.5, 0.6) is 11.5 Å². The third kappa shape index (κ3) is 2.42. The Balaban J connectivity index is 1.98. The molecule has 114 valence electrons. The number of ether oxygens (including phenoxy) is 2. The number of benzene rings is 1. The number of thiocarbonyl (C=S) groups is 1. The van der Waals surface area contributed by atoms with Crippen LogP contribution in [0.1, 0.15) is 0 Å². The Labute approximate surface area is 128 Å². The minimum atomic E-state index is -3.02. The number of rotatable bonds is 3. The Morgan fingerprint density at radius 1 is 1.24 bits per heavy atom. The van der Waals surface area contributed by atoms with Gasteiger partial charge in [-0.3, -0.25) is 0 Å². The maximum atomic E-state index is 11.8. The topological polar surface area (TPSA) is 67.9 Å². The van der Waals surface area contributed by atoms with E-state index in [-0.39, 0.29) is 23.6 Å². The van der Waals surface area contributed by atoms with Crippen molar-refractivity contribution in [3.63, 3.8) is 0 Å². The quantitative estimate of drug-likeness (QED) is 0.813. The Morgan fingerprint density at radius 3 is 2.62 bits per heavy atom. The third-order valence-corrected chi connectivity index (χ3v) is 5.86. The van der Waals surface area contributed by atoms with E-state index in [4.69, 9.17) is 21.7 Å². The molecule has 0 unspecified atom stereocenters. The second-order valence-electron chi connectivity index (χ2n) is 5.11. The number of nitrogens with one attached hydrogen (secondary N) is 1. The first-order valence-corrected chi connectivity index (χ1v) is 8.70. The van der Waals surface area contributed by atoms with Crippen LogP contribution in [0.4, 0.5) is 5.69 Å². The first kappa shape index (κ1) is 14.4. The molecule has 0 aromatic heterocycles. The van der Waals surface area contributed by atoms with Crippen molar-refractivity contribution in [3.05, 3.63) is 18.2 Å². The van der Waals surface area contributed by atoms with Gasteiger partial charge in [-0.1, -0.05) is 0 Å². The van der Waals surface area contributed by atoms with Crippen LogP contribution in [0.2, 0.25) is 0 Å². The average Bonchev–Trinajstić information content (AvgIpc) is 2.88. The molecule has 21 heavy (non-hydrogen) atoms. The van der Waals surface area contributed by atoms with Gasteiger partial charge in [0.15, 0.2) is 26.4 Å². The molecule has 2 atom stereocenters. The molecule has 0 saturated carbocycles. The van der Waals surface area contributed by atoms with Crippen LogP contribution in [0.3, 0.4) is 0 Å². The molecule has 0 radical (unpaired) electrons. The van der Waals surface area contributed by atoms with Crippen molar-refractivity contribution in [2.45, 2.75) is 12.1 Å². The Morgan fingerprint density at radius 2 is 1.95 bits per heavy atom. The van der Waals surface area contributed by atoms with Crippen LogP contribution in [-0.2, 0) is 9.84 Å². The fourth-order valence-electron chi connectivity index (χ4n) is 2.88. The minimum Gasteiger partial charge on any atom is -0.493 e. The highest BCUT2D eigenvalue weighted by atomic mass is 32.2. The van der Waals surface area contributed by atoms with Gasteiger partial charge >= 0.3 is 0 Å². The van der Waals surface area contributed by atoms with E-state index in [0.717, 1.165) is 5.69 Å². The Kier molecular flexibility index (Phi) is 3.45. The van der Waals surface area contributed by atoms with E-state index in [1.165, 1.54) is 0 Å². The second-order valence-corrected chi connectivity index (χ2v) is 7.65. The van der Waals surface area contributed by atoms with E-state index in [1.54, 1.807) is 26.4 Å². The van der Waals surface area contributed by atoms with Gasteiger partial charge < -0.3 is 19.7 Å². The van der Waals surface area contributed by atoms with Crippen molar-refractivity contribution in [1.82, 2.24) is 5.32 Å². The van der Waals surface area contributed by atoms with Crippen LogP contribution in [0, 0.1) is 0 Å². The molecule has 3 rings (SSSR count). The summed E-state index contributed by atoms with van der Waals surface area (Å²) in [5, 5.41) is 3.64. The van der Waals surface area contributed by atoms with E-state index in [0.29, 0.717) is 16.6 Å². The number of anilines is 1. The minimum absolute atomic E-state index is 0.110. The summed E-state index contributed by atoms with van der Waals surface area (Å²) in [6, 6.07) is 5.13. The number of fused-ring (bicyclic) bond motifs is 1. The molecule has 0 bridgehead atoms. The van der Waals surface area contributed by atoms with Gasteiger partial charge in [-0.2, -0.15) is 0 Å². The summed E-state index contributed by atoms with van der Waals surface area (Å²) in [7, 11) is 0.111. The van der Waals surface area contributed by atoms with Crippen LogP contribution < -0.4 is 19.7 Å². The zero-order valence-corrected chi connectivity index (χ0v) is 13.3. The van der Waals surface area contributed by atoms with Crippen LogP contribution in [0.15, 0.2) is 18.2 Å². The molecule has 2 aliphatic rings. The van der Waals surface area contributed by atoms with Crippen molar-refractivity contribution < 1.29 is 17.9 Å². The summed E-state index contributed by atoms with van der Waals surface area (Å²) in [5.41, 5.74) is 0.801. The van der Waals surface area contributed by atoms with Gasteiger partial charge in [-0.05, 0) is 24.4 Å². The summed E-state index contributed by atoms with van der Waals surface area (Å²) in [5.74, 6) is 1.44. The average molecular weight is 328 g/mol. The number of hydrogen-bond donors (Lipinski definition) is 1. The van der Waals surface area contributed by atoms with Crippen molar-refractivity contribution >= 4 is 32.9 Å². The van der Waals surface area contributed by atoms with Gasteiger partial charge in [-0.25, -0.2) is 8.42 Å². The van der Waals surface area contributed by atoms with Gasteiger partial charge in [0.2, 0.25) is 0 Å². The largest absolute Gasteiger partial charge is 0.493 e. The van der Waals surface area contributed by atoms with E-state index in [2.05, 4.69) is 5.32 Å². The van der Waals surface area contributed by atoms with Crippen molar-refractivity contribution in [2.75, 3.05) is 30.6 Å². The maximum Gasteiger partial charge on any atom is 0.174 e. The highest BCUT2D eigenvalue weighted by Gasteiger charge is 2.47. The van der Waals surface area contributed by atoms with E-state index in [9.17, 15) is 8.42 Å². The van der Waals surface area contributed by atoms with E-state index < -0.39 is 9.84 Å². The van der Waals surface area contributed by atoms with Gasteiger partial charge in [0.05, 0.1) is 37.8 Å². The summed E-state index contributed by atoms with van der Waals surface area (Å²) in [6.45, 7) is 0. The third-order valence-electron chi connectivity index (χ3n) is 3.83. The van der Waals surface area contributed by atoms with Crippen molar-refractivity contribution in [2.24, 2.45) is 0 Å². The van der Waals surface area contributed by atoms with Gasteiger partial charge in [0.1, 0.15) is 0 Å². The number of methoxy groups -OCH3 is 2. The standard InChI is InChI=1S/C13H16N2O4S2/c1-18-11-4-3-8(5-12(11)19-2)15-10-7-21(16,17)6-9(10)14-13(15)20/h3-5,9-10H,6-7H2,1-2H3,(H,14,20)/t9-,10-/m1/s1. The molecule has 1 N–H and O–H groups in total. The molecule has 8 heteroatoms. The van der Waals surface area contributed by atoms with E-state index in [1.807, 2.05) is 11.0 Å². The van der Waals surface area contributed by atoms with Crippen LogP contribution in [-0.4, -0.2) is 51.3 Å². The summed E-state index contributed by atoms with van der Waals surface area (Å²) in [6.07, 6.45) is 0. The van der Waals surface area contributed by atoms with Crippen molar-refractivity contribution in [3.8, 4) is 11.5 Å². The fraction of sp³-hybridized carbons (Fsp3) is 0.462. The second kappa shape index (κ2) is 5.03. The zero-order valence-electron chi connectivity index (χ0n) is 11.7. The molecular weight excluding hydrogens is 312 g/mol. The highest BCUT2D eigenvalue weighted by molar-refractivity contribution is 7.91. The monoisotopic (exact) mass is 328 g/mol. The zero-order chi connectivity index (χ0) is 15.2. The summed E-state index contributed by atoms with van der Waals surface area (Å²) < 4.78 is 34.1. The first-order valence-electron chi connectivity index (χ1n) is 6.47. The maximum absolute atomic E-state index is 11.8. The molecule has 2 heterocycles. The lowest BCUT2D eigenvalue weighted by atomic mass is 10.1. The molecule has 2 saturated heterocycles. The Hall–Kier alpha value is -1.54. The molecule has 2 aliphatic heterocycles. The smallest absolute Gasteiger partial charge is 0.174 e. The lowest BCUT2D eigenvalue weighted by Gasteiger charge is -2.24. The summed E-state index contributed by atoms with van der Waals surface area (Å²) >= 11 is 5.34. The molecule has 2 fully saturated rings. The normalized spacial score (nSPS) is 26.4. The van der Waals surface area contributed by atoms with Crippen LogP contribution in [0.25, 0.3) is 0 Å². The first-order chi connectivity index (χ1) is 9.95. The number of sulfone groups is 1. The lowest BCUT2D eigenvalue weighted by molar-refractivity contribution is 0.355. The predicted octanol–water partition coefficient (Wildman–Crippen LogP) is 0.564. The van der Waals surface area contributed by atoms with E-state index >= 15 is 0 Å². The molecule has 1 aromatic carbocycles. The fourth-order valence-corrected chi connectivity index (χ4v) is 5.17. The Bertz CT molecular complexity index is 689. The molecular formula is C13H16N2O4S2. The SMILES string of the molecule is COc1ccc(N2C(=S)N[C@@H]3CS(=O)(=O)C[C@H]32)cc1OC. The lowest BCUT2D eigenvalue weighted by Crippen LogP contribution is -2.36.